The maximum absolute atomic E-state index is 12.0. The van der Waals surface area contributed by atoms with Crippen LogP contribution in [-0.4, -0.2) is 47.2 Å². The predicted octanol–water partition coefficient (Wildman–Crippen LogP) is 4.79. The second kappa shape index (κ2) is 13.2. The lowest BCUT2D eigenvalue weighted by molar-refractivity contribution is -0.384. The normalized spacial score (nSPS) is 11.0. The number of nitro groups is 1. The van der Waals surface area contributed by atoms with E-state index in [0.717, 1.165) is 61.5 Å². The monoisotopic (exact) mass is 497 g/mol. The summed E-state index contributed by atoms with van der Waals surface area (Å²) in [6.07, 6.45) is 9.39. The van der Waals surface area contributed by atoms with Crippen LogP contribution in [0.15, 0.2) is 53.9 Å². The second-order valence-corrected chi connectivity index (χ2v) is 8.31. The van der Waals surface area contributed by atoms with Crippen molar-refractivity contribution in [2.75, 3.05) is 30.5 Å². The van der Waals surface area contributed by atoms with Gasteiger partial charge < -0.3 is 10.6 Å². The first kappa shape index (κ1) is 25.8. The summed E-state index contributed by atoms with van der Waals surface area (Å²) in [6.45, 7) is 1.42. The van der Waals surface area contributed by atoms with Gasteiger partial charge in [-0.15, -0.1) is 0 Å². The number of carbonyl (C=O) groups is 1. The lowest BCUT2D eigenvalue weighted by Crippen LogP contribution is -2.26. The first-order chi connectivity index (χ1) is 17.0. The molecule has 0 spiro atoms. The van der Waals surface area contributed by atoms with Crippen LogP contribution >= 0.6 is 11.6 Å². The number of amides is 1. The Kier molecular flexibility index (Phi) is 9.73. The van der Waals surface area contributed by atoms with Gasteiger partial charge in [0.15, 0.2) is 0 Å². The molecule has 2 aromatic heterocycles. The van der Waals surface area contributed by atoms with E-state index in [1.807, 2.05) is 24.3 Å². The van der Waals surface area contributed by atoms with Crippen molar-refractivity contribution >= 4 is 51.8 Å². The zero-order valence-corrected chi connectivity index (χ0v) is 20.2. The summed E-state index contributed by atoms with van der Waals surface area (Å²) >= 11 is 6.04. The molecule has 35 heavy (non-hydrogen) atoms. The number of benzene rings is 1. The van der Waals surface area contributed by atoms with Crippen molar-refractivity contribution < 1.29 is 9.72 Å². The van der Waals surface area contributed by atoms with Gasteiger partial charge >= 0.3 is 5.69 Å². The summed E-state index contributed by atoms with van der Waals surface area (Å²) in [5, 5.41) is 24.2. The minimum atomic E-state index is -0.540. The van der Waals surface area contributed by atoms with Gasteiger partial charge in [-0.2, -0.15) is 5.10 Å². The van der Waals surface area contributed by atoms with E-state index in [0.29, 0.717) is 11.6 Å². The maximum Gasteiger partial charge on any atom is 0.313 e. The molecule has 0 atom stereocenters. The van der Waals surface area contributed by atoms with Crippen LogP contribution < -0.4 is 15.6 Å². The lowest BCUT2D eigenvalue weighted by Gasteiger charge is -2.11. The molecule has 0 aliphatic rings. The minimum absolute atomic E-state index is 0.0672. The van der Waals surface area contributed by atoms with E-state index >= 15 is 0 Å². The highest BCUT2D eigenvalue weighted by Crippen LogP contribution is 2.25. The summed E-state index contributed by atoms with van der Waals surface area (Å²) in [7, 11) is 1.50. The molecule has 1 aromatic carbocycles. The van der Waals surface area contributed by atoms with Gasteiger partial charge in [-0.3, -0.25) is 19.9 Å². The molecule has 10 nitrogen and oxygen atoms in total. The van der Waals surface area contributed by atoms with E-state index in [1.54, 1.807) is 6.20 Å². The summed E-state index contributed by atoms with van der Waals surface area (Å²) in [5.41, 5.74) is 1.75. The number of anilines is 2. The number of rotatable bonds is 13. The molecule has 184 valence electrons. The topological polar surface area (TPSA) is 126 Å². The lowest BCUT2D eigenvalue weighted by atomic mass is 10.1. The number of aromatic nitrogens is 2. The number of nitrogens with one attached hydrogen (secondary N) is 2. The number of fused-ring (bicyclic) bond motifs is 1. The number of hydrogen-bond donors (Lipinski definition) is 2. The van der Waals surface area contributed by atoms with Crippen molar-refractivity contribution in [3.63, 3.8) is 0 Å². The highest BCUT2D eigenvalue weighted by atomic mass is 35.5. The highest BCUT2D eigenvalue weighted by Gasteiger charge is 2.17. The van der Waals surface area contributed by atoms with Gasteiger partial charge in [0.1, 0.15) is 6.21 Å². The molecule has 2 heterocycles. The van der Waals surface area contributed by atoms with Crippen LogP contribution in [0.1, 0.15) is 32.1 Å². The van der Waals surface area contributed by atoms with Gasteiger partial charge in [0.2, 0.25) is 5.82 Å². The second-order valence-electron chi connectivity index (χ2n) is 7.88. The van der Waals surface area contributed by atoms with E-state index in [9.17, 15) is 14.9 Å². The molecule has 0 aliphatic carbocycles. The van der Waals surface area contributed by atoms with Gasteiger partial charge in [0.05, 0.1) is 10.4 Å². The van der Waals surface area contributed by atoms with Crippen molar-refractivity contribution in [3.05, 3.63) is 63.9 Å². The fourth-order valence-electron chi connectivity index (χ4n) is 3.51. The first-order valence-electron chi connectivity index (χ1n) is 11.4. The Morgan fingerprint density at radius 2 is 1.89 bits per heavy atom. The Morgan fingerprint density at radius 1 is 1.11 bits per heavy atom. The van der Waals surface area contributed by atoms with Crippen LogP contribution in [0.25, 0.3) is 10.9 Å². The number of carbonyl (C=O) groups excluding carboxylic acids is 1. The zero-order chi connectivity index (χ0) is 25.0. The van der Waals surface area contributed by atoms with Crippen LogP contribution in [0.2, 0.25) is 5.02 Å². The molecule has 0 saturated heterocycles. The standard InChI is InChI=1S/C24H28ClN7O3/c1-31(24-22(32(34)35)8-7-14-29-24)30-17-23(33)28-13-6-4-2-3-5-12-26-20-11-15-27-21-16-18(25)9-10-19(20)21/h7-11,14-17H,2-6,12-13H2,1H3,(H,26,27)(H,28,33)/b30-17+. The highest BCUT2D eigenvalue weighted by molar-refractivity contribution is 6.31. The Balaban J connectivity index is 1.28. The number of unbranched alkanes of at least 4 members (excludes halogenated alkanes) is 4. The Bertz CT molecular complexity index is 1190. The van der Waals surface area contributed by atoms with E-state index in [2.05, 4.69) is 25.7 Å². The van der Waals surface area contributed by atoms with E-state index in [1.165, 1.54) is 30.4 Å². The van der Waals surface area contributed by atoms with Gasteiger partial charge in [-0.1, -0.05) is 30.9 Å². The molecule has 0 radical (unpaired) electrons. The van der Waals surface area contributed by atoms with Crippen molar-refractivity contribution in [2.45, 2.75) is 32.1 Å². The maximum atomic E-state index is 12.0. The molecule has 0 fully saturated rings. The van der Waals surface area contributed by atoms with Crippen LogP contribution in [0.4, 0.5) is 17.2 Å². The van der Waals surface area contributed by atoms with Crippen molar-refractivity contribution in [1.29, 1.82) is 0 Å². The van der Waals surface area contributed by atoms with E-state index in [4.69, 9.17) is 11.6 Å². The summed E-state index contributed by atoms with van der Waals surface area (Å²) < 4.78 is 0. The molecule has 1 amide bonds. The molecular formula is C24H28ClN7O3. The Morgan fingerprint density at radius 3 is 2.69 bits per heavy atom. The van der Waals surface area contributed by atoms with E-state index < -0.39 is 4.92 Å². The number of hydrogen-bond acceptors (Lipinski definition) is 8. The smallest absolute Gasteiger partial charge is 0.313 e. The third-order valence-corrected chi connectivity index (χ3v) is 5.53. The quantitative estimate of drug-likeness (QED) is 0.150. The summed E-state index contributed by atoms with van der Waals surface area (Å²) in [5.74, 6) is -0.289. The average Bonchev–Trinajstić information content (AvgIpc) is 2.86. The molecule has 11 heteroatoms. The SMILES string of the molecule is CN(/N=C/C(=O)NCCCCCCCNc1ccnc2cc(Cl)ccc12)c1ncccc1[N+](=O)[O-]. The fraction of sp³-hybridized carbons (Fsp3) is 0.333. The number of nitrogens with zero attached hydrogens (tertiary/aromatic N) is 5. The molecule has 2 N–H and O–H groups in total. The predicted molar refractivity (Wildman–Crippen MR) is 139 cm³/mol. The molecule has 3 rings (SSSR count). The van der Waals surface area contributed by atoms with Gasteiger partial charge in [-0.05, 0) is 43.2 Å². The Labute approximate surface area is 208 Å². The minimum Gasteiger partial charge on any atom is -0.384 e. The largest absolute Gasteiger partial charge is 0.384 e. The number of hydrazone groups is 1. The van der Waals surface area contributed by atoms with Crippen LogP contribution in [-0.2, 0) is 4.79 Å². The molecule has 0 saturated carbocycles. The van der Waals surface area contributed by atoms with E-state index in [-0.39, 0.29) is 17.4 Å². The molecule has 0 unspecified atom stereocenters. The van der Waals surface area contributed by atoms with Gasteiger partial charge in [0.25, 0.3) is 5.91 Å². The molecule has 3 aromatic rings. The summed E-state index contributed by atoms with van der Waals surface area (Å²) in [6, 6.07) is 10.5. The molecule has 0 aliphatic heterocycles. The van der Waals surface area contributed by atoms with Crippen molar-refractivity contribution in [3.8, 4) is 0 Å². The van der Waals surface area contributed by atoms with Crippen molar-refractivity contribution in [2.24, 2.45) is 5.10 Å². The Hall–Kier alpha value is -3.79. The first-order valence-corrected chi connectivity index (χ1v) is 11.8. The average molecular weight is 498 g/mol. The van der Waals surface area contributed by atoms with Gasteiger partial charge in [-0.25, -0.2) is 9.99 Å². The summed E-state index contributed by atoms with van der Waals surface area (Å²) in [4.78, 5) is 30.8. The van der Waals surface area contributed by atoms with Crippen LogP contribution in [0.5, 0.6) is 0 Å². The fourth-order valence-corrected chi connectivity index (χ4v) is 3.68. The van der Waals surface area contributed by atoms with Crippen LogP contribution in [0, 0.1) is 10.1 Å². The third kappa shape index (κ3) is 7.89. The zero-order valence-electron chi connectivity index (χ0n) is 19.5. The number of halogens is 1. The van der Waals surface area contributed by atoms with Crippen LogP contribution in [0.3, 0.4) is 0 Å². The number of pyridine rings is 2. The van der Waals surface area contributed by atoms with Crippen molar-refractivity contribution in [1.82, 2.24) is 15.3 Å². The van der Waals surface area contributed by atoms with Gasteiger partial charge in [0, 0.05) is 54.7 Å². The third-order valence-electron chi connectivity index (χ3n) is 5.29. The molecular weight excluding hydrogens is 470 g/mol. The molecule has 0 bridgehead atoms.